The fourth-order valence-corrected chi connectivity index (χ4v) is 4.80. The lowest BCUT2D eigenvalue weighted by Gasteiger charge is -2.33. The molecule has 2 saturated heterocycles. The summed E-state index contributed by atoms with van der Waals surface area (Å²) in [5, 5.41) is 0. The van der Waals surface area contributed by atoms with Crippen LogP contribution in [0, 0.1) is 0 Å². The Morgan fingerprint density at radius 2 is 1.86 bits per heavy atom. The predicted octanol–water partition coefficient (Wildman–Crippen LogP) is 4.09. The number of piperidine rings is 1. The molecule has 146 valence electrons. The largest absolute Gasteiger partial charge is 0.445 e. The number of morpholine rings is 1. The molecule has 2 bridgehead atoms. The molecule has 2 heterocycles. The van der Waals surface area contributed by atoms with Gasteiger partial charge in [0.1, 0.15) is 6.61 Å². The number of ether oxygens (including phenoxy) is 2. The van der Waals surface area contributed by atoms with E-state index in [0.717, 1.165) is 51.3 Å². The highest BCUT2D eigenvalue weighted by Crippen LogP contribution is 2.50. The van der Waals surface area contributed by atoms with E-state index in [1.165, 1.54) is 16.8 Å². The fourth-order valence-electron chi connectivity index (χ4n) is 4.80. The van der Waals surface area contributed by atoms with Crippen molar-refractivity contribution in [1.29, 1.82) is 0 Å². The molecule has 0 N–H and O–H groups in total. The van der Waals surface area contributed by atoms with Crippen LogP contribution in [0.5, 0.6) is 0 Å². The third kappa shape index (κ3) is 3.24. The van der Waals surface area contributed by atoms with E-state index in [4.69, 9.17) is 9.47 Å². The molecule has 2 aromatic rings. The maximum atomic E-state index is 12.8. The molecule has 5 rings (SSSR count). The maximum absolute atomic E-state index is 12.8. The fraction of sp³-hybridized carbons (Fsp3) is 0.435. The lowest BCUT2D eigenvalue weighted by Crippen LogP contribution is -2.38. The molecule has 0 saturated carbocycles. The Labute approximate surface area is 165 Å². The van der Waals surface area contributed by atoms with Crippen LogP contribution in [0.1, 0.15) is 41.5 Å². The Morgan fingerprint density at radius 3 is 2.68 bits per heavy atom. The van der Waals surface area contributed by atoms with Crippen molar-refractivity contribution in [1.82, 2.24) is 4.90 Å². The first kappa shape index (κ1) is 17.6. The minimum absolute atomic E-state index is 0.137. The van der Waals surface area contributed by atoms with E-state index in [1.807, 2.05) is 35.2 Å². The van der Waals surface area contributed by atoms with Crippen LogP contribution in [-0.4, -0.2) is 43.8 Å². The second-order valence-corrected chi connectivity index (χ2v) is 7.88. The molecule has 1 amide bonds. The molecule has 28 heavy (non-hydrogen) atoms. The number of benzene rings is 2. The van der Waals surface area contributed by atoms with E-state index in [-0.39, 0.29) is 12.1 Å². The number of rotatable bonds is 3. The van der Waals surface area contributed by atoms with Gasteiger partial charge < -0.3 is 19.3 Å². The summed E-state index contributed by atoms with van der Waals surface area (Å²) in [6, 6.07) is 16.8. The number of fused-ring (bicyclic) bond motifs is 5. The Bertz CT molecular complexity index is 848. The van der Waals surface area contributed by atoms with E-state index >= 15 is 0 Å². The molecule has 1 aliphatic carbocycles. The Morgan fingerprint density at radius 1 is 1.04 bits per heavy atom. The second kappa shape index (κ2) is 7.47. The van der Waals surface area contributed by atoms with Gasteiger partial charge in [0.25, 0.3) is 0 Å². The third-order valence-electron chi connectivity index (χ3n) is 6.29. The van der Waals surface area contributed by atoms with Gasteiger partial charge in [-0.05, 0) is 47.6 Å². The number of likely N-dealkylation sites (tertiary alicyclic amines) is 1. The highest BCUT2D eigenvalue weighted by Gasteiger charge is 2.41. The van der Waals surface area contributed by atoms with Crippen LogP contribution in [0.15, 0.2) is 48.5 Å². The van der Waals surface area contributed by atoms with E-state index < -0.39 is 0 Å². The first-order valence-corrected chi connectivity index (χ1v) is 10.2. The summed E-state index contributed by atoms with van der Waals surface area (Å²) in [7, 11) is 0. The molecule has 0 spiro atoms. The van der Waals surface area contributed by atoms with E-state index in [0.29, 0.717) is 12.5 Å². The molecule has 5 nitrogen and oxygen atoms in total. The Hall–Kier alpha value is -2.53. The number of nitrogens with zero attached hydrogens (tertiary/aromatic N) is 2. The zero-order chi connectivity index (χ0) is 18.9. The summed E-state index contributed by atoms with van der Waals surface area (Å²) in [5.41, 5.74) is 4.99. The van der Waals surface area contributed by atoms with Gasteiger partial charge in [0.2, 0.25) is 0 Å². The van der Waals surface area contributed by atoms with E-state index in [9.17, 15) is 4.79 Å². The Kier molecular flexibility index (Phi) is 4.69. The van der Waals surface area contributed by atoms with Gasteiger partial charge in [0, 0.05) is 25.3 Å². The van der Waals surface area contributed by atoms with E-state index in [1.54, 1.807) is 0 Å². The summed E-state index contributed by atoms with van der Waals surface area (Å²) in [6.07, 6.45) is 1.83. The summed E-state index contributed by atoms with van der Waals surface area (Å²) < 4.78 is 11.1. The first-order chi connectivity index (χ1) is 13.8. The molecule has 2 fully saturated rings. The lowest BCUT2D eigenvalue weighted by atomic mass is 9.96. The van der Waals surface area contributed by atoms with Crippen molar-refractivity contribution in [2.45, 2.75) is 31.4 Å². The van der Waals surface area contributed by atoms with Gasteiger partial charge in [-0.15, -0.1) is 0 Å². The smallest absolute Gasteiger partial charge is 0.410 e. The molecule has 0 radical (unpaired) electrons. The molecular weight excluding hydrogens is 352 g/mol. The molecule has 1 unspecified atom stereocenters. The zero-order valence-electron chi connectivity index (χ0n) is 16.0. The van der Waals surface area contributed by atoms with Crippen LogP contribution in [-0.2, 0) is 16.1 Å². The summed E-state index contributed by atoms with van der Waals surface area (Å²) >= 11 is 0. The van der Waals surface area contributed by atoms with Crippen molar-refractivity contribution >= 4 is 11.8 Å². The number of hydrogen-bond acceptors (Lipinski definition) is 4. The summed E-state index contributed by atoms with van der Waals surface area (Å²) in [6.45, 7) is 4.51. The van der Waals surface area contributed by atoms with Crippen LogP contribution in [0.25, 0.3) is 0 Å². The van der Waals surface area contributed by atoms with Crippen molar-refractivity contribution in [2.24, 2.45) is 0 Å². The summed E-state index contributed by atoms with van der Waals surface area (Å²) in [4.78, 5) is 17.2. The summed E-state index contributed by atoms with van der Waals surface area (Å²) in [5.74, 6) is 0.567. The number of anilines is 1. The minimum Gasteiger partial charge on any atom is -0.445 e. The van der Waals surface area contributed by atoms with Crippen LogP contribution in [0.4, 0.5) is 10.5 Å². The third-order valence-corrected chi connectivity index (χ3v) is 6.29. The topological polar surface area (TPSA) is 42.0 Å². The van der Waals surface area contributed by atoms with E-state index in [2.05, 4.69) is 23.1 Å². The highest BCUT2D eigenvalue weighted by molar-refractivity contribution is 5.70. The first-order valence-electron chi connectivity index (χ1n) is 10.2. The van der Waals surface area contributed by atoms with Gasteiger partial charge in [-0.2, -0.15) is 0 Å². The zero-order valence-corrected chi connectivity index (χ0v) is 16.0. The lowest BCUT2D eigenvalue weighted by molar-refractivity contribution is 0.0694. The molecule has 2 aliphatic heterocycles. The molecule has 0 aromatic heterocycles. The monoisotopic (exact) mass is 378 g/mol. The molecule has 2 atom stereocenters. The maximum Gasteiger partial charge on any atom is 0.410 e. The average Bonchev–Trinajstić information content (AvgIpc) is 3.05. The van der Waals surface area contributed by atoms with Gasteiger partial charge in [-0.3, -0.25) is 0 Å². The molecule has 5 heteroatoms. The Balaban J connectivity index is 1.33. The van der Waals surface area contributed by atoms with Gasteiger partial charge >= 0.3 is 6.09 Å². The molecule has 2 aromatic carbocycles. The van der Waals surface area contributed by atoms with Crippen LogP contribution >= 0.6 is 0 Å². The van der Waals surface area contributed by atoms with Crippen molar-refractivity contribution in [3.63, 3.8) is 0 Å². The van der Waals surface area contributed by atoms with Gasteiger partial charge in [0.15, 0.2) is 0 Å². The standard InChI is InChI=1S/C23H26N2O3/c26-23(28-16-17-4-2-1-3-5-17)25-9-8-18-14-22(25)21-15-19(6-7-20(18)21)24-10-12-27-13-11-24/h1-7,15,18,22H,8-14,16H2/t18?,22-/m1/s1. The second-order valence-electron chi connectivity index (χ2n) is 7.88. The van der Waals surface area contributed by atoms with Crippen molar-refractivity contribution in [3.05, 3.63) is 65.2 Å². The molecule has 3 aliphatic rings. The quantitative estimate of drug-likeness (QED) is 0.807. The normalized spacial score (nSPS) is 23.4. The highest BCUT2D eigenvalue weighted by atomic mass is 16.6. The number of carbonyl (C=O) groups is 1. The van der Waals surface area contributed by atoms with Crippen LogP contribution < -0.4 is 4.90 Å². The van der Waals surface area contributed by atoms with Crippen LogP contribution in [0.2, 0.25) is 0 Å². The van der Waals surface area contributed by atoms with Crippen molar-refractivity contribution in [2.75, 3.05) is 37.7 Å². The van der Waals surface area contributed by atoms with Gasteiger partial charge in [0.05, 0.1) is 19.3 Å². The number of amides is 1. The molecular formula is C23H26N2O3. The predicted molar refractivity (Wildman–Crippen MR) is 108 cm³/mol. The van der Waals surface area contributed by atoms with Gasteiger partial charge in [-0.1, -0.05) is 36.4 Å². The van der Waals surface area contributed by atoms with Crippen molar-refractivity contribution < 1.29 is 14.3 Å². The number of hydrogen-bond donors (Lipinski definition) is 0. The SMILES string of the molecule is O=C(OCc1ccccc1)N1CCC2C[C@@H]1c1cc(N3CCOCC3)ccc12. The van der Waals surface area contributed by atoms with Gasteiger partial charge in [-0.25, -0.2) is 4.79 Å². The number of carbonyl (C=O) groups excluding carboxylic acids is 1. The average molecular weight is 378 g/mol. The van der Waals surface area contributed by atoms with Crippen LogP contribution in [0.3, 0.4) is 0 Å². The minimum atomic E-state index is -0.197. The van der Waals surface area contributed by atoms with Crippen molar-refractivity contribution in [3.8, 4) is 0 Å².